The molecule has 20 heavy (non-hydrogen) atoms. The summed E-state index contributed by atoms with van der Waals surface area (Å²) in [6, 6.07) is 5.89. The highest BCUT2D eigenvalue weighted by molar-refractivity contribution is 9.10. The average molecular weight is 344 g/mol. The Morgan fingerprint density at radius 3 is 2.65 bits per heavy atom. The largest absolute Gasteiger partial charge is 0.482 e. The molecule has 0 saturated carbocycles. The number of nitrogens with one attached hydrogen (secondary N) is 1. The maximum Gasteiger partial charge on any atom is 0.344 e. The van der Waals surface area contributed by atoms with Crippen molar-refractivity contribution in [2.75, 3.05) is 13.2 Å². The Kier molecular flexibility index (Phi) is 7.02. The lowest BCUT2D eigenvalue weighted by Crippen LogP contribution is -2.21. The zero-order chi connectivity index (χ0) is 15.1. The Balaban J connectivity index is 2.76. The van der Waals surface area contributed by atoms with Gasteiger partial charge in [0, 0.05) is 16.1 Å². The fourth-order valence-corrected chi connectivity index (χ4v) is 2.22. The van der Waals surface area contributed by atoms with E-state index in [-0.39, 0.29) is 24.7 Å². The molecule has 0 radical (unpaired) electrons. The van der Waals surface area contributed by atoms with Crippen molar-refractivity contribution in [3.05, 3.63) is 28.2 Å². The molecule has 0 saturated heterocycles. The summed E-state index contributed by atoms with van der Waals surface area (Å²) in [5.74, 6) is 0.340. The molecule has 0 amide bonds. The third-order valence-corrected chi connectivity index (χ3v) is 3.15. The van der Waals surface area contributed by atoms with Gasteiger partial charge in [-0.25, -0.2) is 4.79 Å². The number of benzene rings is 1. The van der Waals surface area contributed by atoms with E-state index in [0.29, 0.717) is 5.75 Å². The summed E-state index contributed by atoms with van der Waals surface area (Å²) in [6.45, 7) is 8.53. The minimum atomic E-state index is -0.357. The topological polar surface area (TPSA) is 47.6 Å². The van der Waals surface area contributed by atoms with E-state index < -0.39 is 0 Å². The van der Waals surface area contributed by atoms with Crippen LogP contribution in [0.4, 0.5) is 0 Å². The SMILES string of the molecule is CCNC(C)c1cc(Br)ccc1OCC(=O)OC(C)C. The molecule has 4 nitrogen and oxygen atoms in total. The Morgan fingerprint density at radius 2 is 2.05 bits per heavy atom. The minimum absolute atomic E-state index is 0.0777. The summed E-state index contributed by atoms with van der Waals surface area (Å²) in [4.78, 5) is 11.5. The minimum Gasteiger partial charge on any atom is -0.482 e. The summed E-state index contributed by atoms with van der Waals surface area (Å²) in [5.41, 5.74) is 1.01. The molecule has 1 N–H and O–H groups in total. The highest BCUT2D eigenvalue weighted by Gasteiger charge is 2.13. The van der Waals surface area contributed by atoms with E-state index >= 15 is 0 Å². The fraction of sp³-hybridized carbons (Fsp3) is 0.533. The van der Waals surface area contributed by atoms with E-state index in [9.17, 15) is 4.79 Å². The molecule has 0 heterocycles. The van der Waals surface area contributed by atoms with E-state index in [1.54, 1.807) is 0 Å². The maximum atomic E-state index is 11.5. The second kappa shape index (κ2) is 8.27. The van der Waals surface area contributed by atoms with Crippen molar-refractivity contribution >= 4 is 21.9 Å². The molecule has 0 aliphatic heterocycles. The highest BCUT2D eigenvalue weighted by Crippen LogP contribution is 2.28. The van der Waals surface area contributed by atoms with Gasteiger partial charge in [-0.2, -0.15) is 0 Å². The summed E-state index contributed by atoms with van der Waals surface area (Å²) >= 11 is 3.45. The normalized spacial score (nSPS) is 12.3. The van der Waals surface area contributed by atoms with E-state index in [1.165, 1.54) is 0 Å². The standard InChI is InChI=1S/C15H22BrNO3/c1-5-17-11(4)13-8-12(16)6-7-14(13)19-9-15(18)20-10(2)3/h6-8,10-11,17H,5,9H2,1-4H3. The van der Waals surface area contributed by atoms with Gasteiger partial charge in [0.1, 0.15) is 5.75 Å². The Hall–Kier alpha value is -1.07. The molecule has 112 valence electrons. The van der Waals surface area contributed by atoms with Crippen LogP contribution in [0, 0.1) is 0 Å². The van der Waals surface area contributed by atoms with Crippen molar-refractivity contribution in [2.45, 2.75) is 39.8 Å². The van der Waals surface area contributed by atoms with Crippen LogP contribution in [-0.4, -0.2) is 25.2 Å². The molecule has 1 aromatic carbocycles. The van der Waals surface area contributed by atoms with Crippen LogP contribution in [0.25, 0.3) is 0 Å². The first-order valence-corrected chi connectivity index (χ1v) is 7.58. The van der Waals surface area contributed by atoms with Crippen LogP contribution < -0.4 is 10.1 Å². The Bertz CT molecular complexity index is 449. The van der Waals surface area contributed by atoms with Gasteiger partial charge in [-0.3, -0.25) is 0 Å². The zero-order valence-electron chi connectivity index (χ0n) is 12.4. The third kappa shape index (κ3) is 5.51. The molecular weight excluding hydrogens is 322 g/mol. The lowest BCUT2D eigenvalue weighted by Gasteiger charge is -2.18. The first kappa shape index (κ1) is 17.0. The van der Waals surface area contributed by atoms with Crippen LogP contribution >= 0.6 is 15.9 Å². The van der Waals surface area contributed by atoms with Gasteiger partial charge in [0.15, 0.2) is 6.61 Å². The number of hydrogen-bond acceptors (Lipinski definition) is 4. The monoisotopic (exact) mass is 343 g/mol. The molecule has 0 aliphatic carbocycles. The van der Waals surface area contributed by atoms with Crippen LogP contribution in [0.2, 0.25) is 0 Å². The Morgan fingerprint density at radius 1 is 1.35 bits per heavy atom. The first-order chi connectivity index (χ1) is 9.43. The smallest absolute Gasteiger partial charge is 0.344 e. The number of rotatable bonds is 7. The van der Waals surface area contributed by atoms with Gasteiger partial charge in [-0.1, -0.05) is 22.9 Å². The van der Waals surface area contributed by atoms with Crippen molar-refractivity contribution in [3.63, 3.8) is 0 Å². The molecule has 0 spiro atoms. The molecule has 1 rings (SSSR count). The van der Waals surface area contributed by atoms with Crippen molar-refractivity contribution in [2.24, 2.45) is 0 Å². The lowest BCUT2D eigenvalue weighted by atomic mass is 10.1. The van der Waals surface area contributed by atoms with Crippen LogP contribution in [-0.2, 0) is 9.53 Å². The van der Waals surface area contributed by atoms with Crippen molar-refractivity contribution in [1.82, 2.24) is 5.32 Å². The lowest BCUT2D eigenvalue weighted by molar-refractivity contribution is -0.149. The van der Waals surface area contributed by atoms with Gasteiger partial charge in [0.05, 0.1) is 6.10 Å². The van der Waals surface area contributed by atoms with Crippen molar-refractivity contribution < 1.29 is 14.3 Å². The maximum absolute atomic E-state index is 11.5. The van der Waals surface area contributed by atoms with Crippen molar-refractivity contribution in [3.8, 4) is 5.75 Å². The molecule has 0 aliphatic rings. The molecule has 0 bridgehead atoms. The Labute approximate surface area is 129 Å². The number of esters is 1. The molecule has 1 atom stereocenters. The van der Waals surface area contributed by atoms with Gasteiger partial charge >= 0.3 is 5.97 Å². The summed E-state index contributed by atoms with van der Waals surface area (Å²) in [7, 11) is 0. The quantitative estimate of drug-likeness (QED) is 0.770. The van der Waals surface area contributed by atoms with Crippen LogP contribution in [0.3, 0.4) is 0 Å². The summed E-state index contributed by atoms with van der Waals surface area (Å²) in [6.07, 6.45) is -0.129. The molecule has 0 aromatic heterocycles. The van der Waals surface area contributed by atoms with Crippen LogP contribution in [0.1, 0.15) is 39.3 Å². The first-order valence-electron chi connectivity index (χ1n) is 6.79. The van der Waals surface area contributed by atoms with Gasteiger partial charge < -0.3 is 14.8 Å². The highest BCUT2D eigenvalue weighted by atomic mass is 79.9. The summed E-state index contributed by atoms with van der Waals surface area (Å²) in [5, 5.41) is 3.33. The zero-order valence-corrected chi connectivity index (χ0v) is 14.0. The van der Waals surface area contributed by atoms with E-state index in [2.05, 4.69) is 35.1 Å². The number of halogens is 1. The van der Waals surface area contributed by atoms with Gasteiger partial charge in [0.2, 0.25) is 0 Å². The number of ether oxygens (including phenoxy) is 2. The third-order valence-electron chi connectivity index (χ3n) is 2.66. The number of carbonyl (C=O) groups is 1. The molecule has 1 aromatic rings. The van der Waals surface area contributed by atoms with Crippen molar-refractivity contribution in [1.29, 1.82) is 0 Å². The second-order valence-corrected chi connectivity index (χ2v) is 5.70. The predicted octanol–water partition coefficient (Wildman–Crippen LogP) is 3.45. The average Bonchev–Trinajstić information content (AvgIpc) is 2.36. The van der Waals surface area contributed by atoms with Gasteiger partial charge in [0.25, 0.3) is 0 Å². The molecular formula is C15H22BrNO3. The van der Waals surface area contributed by atoms with Crippen LogP contribution in [0.5, 0.6) is 5.75 Å². The number of carbonyl (C=O) groups excluding carboxylic acids is 1. The van der Waals surface area contributed by atoms with Gasteiger partial charge in [-0.15, -0.1) is 0 Å². The molecule has 5 heteroatoms. The van der Waals surface area contributed by atoms with Gasteiger partial charge in [-0.05, 0) is 45.5 Å². The molecule has 0 fully saturated rings. The van der Waals surface area contributed by atoms with E-state index in [4.69, 9.17) is 9.47 Å². The second-order valence-electron chi connectivity index (χ2n) is 4.79. The van der Waals surface area contributed by atoms with E-state index in [0.717, 1.165) is 16.6 Å². The molecule has 1 unspecified atom stereocenters. The van der Waals surface area contributed by atoms with E-state index in [1.807, 2.05) is 32.0 Å². The predicted molar refractivity (Wildman–Crippen MR) is 83.0 cm³/mol. The number of hydrogen-bond donors (Lipinski definition) is 1. The van der Waals surface area contributed by atoms with Crippen LogP contribution in [0.15, 0.2) is 22.7 Å². The fourth-order valence-electron chi connectivity index (χ4n) is 1.84. The summed E-state index contributed by atoms with van der Waals surface area (Å²) < 4.78 is 11.6.